The van der Waals surface area contributed by atoms with Crippen LogP contribution in [0.4, 0.5) is 13.2 Å². The molecule has 158 valence electrons. The van der Waals surface area contributed by atoms with E-state index >= 15 is 0 Å². The van der Waals surface area contributed by atoms with Gasteiger partial charge in [-0.15, -0.1) is 0 Å². The van der Waals surface area contributed by atoms with E-state index in [4.69, 9.17) is 19.1 Å². The fourth-order valence-electron chi connectivity index (χ4n) is 2.82. The van der Waals surface area contributed by atoms with Gasteiger partial charge in [0.25, 0.3) is 0 Å². The Morgan fingerprint density at radius 1 is 0.967 bits per heavy atom. The van der Waals surface area contributed by atoms with Crippen molar-refractivity contribution in [1.29, 1.82) is 0 Å². The van der Waals surface area contributed by atoms with Gasteiger partial charge < -0.3 is 19.1 Å². The molecular weight excluding hydrogens is 403 g/mol. The van der Waals surface area contributed by atoms with Crippen LogP contribution in [0.3, 0.4) is 0 Å². The Hall–Kier alpha value is -3.49. The lowest BCUT2D eigenvalue weighted by Crippen LogP contribution is -2.10. The maximum absolute atomic E-state index is 12.5. The number of rotatable bonds is 9. The van der Waals surface area contributed by atoms with E-state index in [1.165, 1.54) is 18.4 Å². The van der Waals surface area contributed by atoms with Crippen LogP contribution in [-0.4, -0.2) is 29.4 Å². The number of carbonyl (C=O) groups is 1. The third kappa shape index (κ3) is 5.76. The number of aromatic nitrogens is 1. The summed E-state index contributed by atoms with van der Waals surface area (Å²) in [5, 5.41) is 13.0. The number of hydrogen-bond donors (Lipinski definition) is 1. The number of hydrogen-bond acceptors (Lipinski definition) is 5. The van der Waals surface area contributed by atoms with Crippen molar-refractivity contribution in [3.63, 3.8) is 0 Å². The smallest absolute Gasteiger partial charge is 0.416 e. The molecule has 0 aliphatic heterocycles. The molecule has 0 saturated heterocycles. The molecule has 0 amide bonds. The first-order valence-corrected chi connectivity index (χ1v) is 8.98. The number of benzene rings is 2. The van der Waals surface area contributed by atoms with E-state index in [-0.39, 0.29) is 19.6 Å². The zero-order valence-electron chi connectivity index (χ0n) is 15.6. The SMILES string of the molecule is O=C(O)C[C@@H](c1ccc(OCCOc2ccc(C(F)(F)F)cc2)cc1)c1ccon1. The molecule has 0 aliphatic carbocycles. The van der Waals surface area contributed by atoms with Gasteiger partial charge in [-0.3, -0.25) is 4.79 Å². The zero-order valence-corrected chi connectivity index (χ0v) is 15.6. The molecule has 3 aromatic rings. The summed E-state index contributed by atoms with van der Waals surface area (Å²) in [6.07, 6.45) is -3.13. The van der Waals surface area contributed by atoms with Gasteiger partial charge in [0.2, 0.25) is 0 Å². The number of ether oxygens (including phenoxy) is 2. The lowest BCUT2D eigenvalue weighted by atomic mass is 9.92. The van der Waals surface area contributed by atoms with Crippen LogP contribution in [0.2, 0.25) is 0 Å². The lowest BCUT2D eigenvalue weighted by molar-refractivity contribution is -0.138. The van der Waals surface area contributed by atoms with Gasteiger partial charge in [-0.05, 0) is 42.0 Å². The summed E-state index contributed by atoms with van der Waals surface area (Å²) in [7, 11) is 0. The van der Waals surface area contributed by atoms with Crippen LogP contribution < -0.4 is 9.47 Å². The Morgan fingerprint density at radius 2 is 1.53 bits per heavy atom. The van der Waals surface area contributed by atoms with Gasteiger partial charge in [0.1, 0.15) is 31.0 Å². The molecule has 0 bridgehead atoms. The van der Waals surface area contributed by atoms with Crippen molar-refractivity contribution < 1.29 is 37.1 Å². The minimum atomic E-state index is -4.38. The molecule has 1 aromatic heterocycles. The molecule has 0 saturated carbocycles. The number of aliphatic carboxylic acids is 1. The predicted octanol–water partition coefficient (Wildman–Crippen LogP) is 4.76. The second kappa shape index (κ2) is 9.34. The number of carboxylic acids is 1. The van der Waals surface area contributed by atoms with E-state index < -0.39 is 23.6 Å². The average molecular weight is 421 g/mol. The summed E-state index contributed by atoms with van der Waals surface area (Å²) in [5.41, 5.74) is 0.536. The maximum Gasteiger partial charge on any atom is 0.416 e. The van der Waals surface area contributed by atoms with Crippen molar-refractivity contribution in [2.45, 2.75) is 18.5 Å². The van der Waals surface area contributed by atoms with Gasteiger partial charge in [-0.1, -0.05) is 17.3 Å². The first-order valence-electron chi connectivity index (χ1n) is 8.98. The van der Waals surface area contributed by atoms with E-state index in [9.17, 15) is 18.0 Å². The lowest BCUT2D eigenvalue weighted by Gasteiger charge is -2.14. The van der Waals surface area contributed by atoms with Gasteiger partial charge in [-0.25, -0.2) is 0 Å². The Labute approximate surface area is 169 Å². The summed E-state index contributed by atoms with van der Waals surface area (Å²) in [6, 6.07) is 12.9. The van der Waals surface area contributed by atoms with Crippen LogP contribution in [0.25, 0.3) is 0 Å². The van der Waals surface area contributed by atoms with E-state index in [0.29, 0.717) is 17.2 Å². The second-order valence-corrected chi connectivity index (χ2v) is 6.36. The van der Waals surface area contributed by atoms with Crippen LogP contribution in [0.1, 0.15) is 29.2 Å². The highest BCUT2D eigenvalue weighted by Crippen LogP contribution is 2.30. The van der Waals surface area contributed by atoms with E-state index in [1.54, 1.807) is 30.3 Å². The number of nitrogens with zero attached hydrogens (tertiary/aromatic N) is 1. The predicted molar refractivity (Wildman–Crippen MR) is 99.5 cm³/mol. The molecule has 0 aliphatic rings. The standard InChI is InChI=1S/C21H18F3NO5/c22-21(23,24)15-3-7-17(8-4-15)29-12-11-28-16-5-1-14(2-6-16)18(13-20(26)27)19-9-10-30-25-19/h1-10,18H,11-13H2,(H,26,27)/t18-/m0/s1. The Kier molecular flexibility index (Phi) is 6.61. The van der Waals surface area contributed by atoms with Crippen LogP contribution in [-0.2, 0) is 11.0 Å². The highest BCUT2D eigenvalue weighted by molar-refractivity contribution is 5.68. The van der Waals surface area contributed by atoms with E-state index in [2.05, 4.69) is 5.16 Å². The quantitative estimate of drug-likeness (QED) is 0.502. The normalized spacial score (nSPS) is 12.4. The third-order valence-corrected chi connectivity index (χ3v) is 4.28. The molecule has 6 nitrogen and oxygen atoms in total. The van der Waals surface area contributed by atoms with Crippen molar-refractivity contribution in [3.8, 4) is 11.5 Å². The molecule has 3 rings (SSSR count). The van der Waals surface area contributed by atoms with Crippen LogP contribution in [0.5, 0.6) is 11.5 Å². The fraction of sp³-hybridized carbons (Fsp3) is 0.238. The molecule has 2 aromatic carbocycles. The Morgan fingerprint density at radius 3 is 2.00 bits per heavy atom. The summed E-state index contributed by atoms with van der Waals surface area (Å²) in [5.74, 6) is -0.544. The number of carboxylic acid groups (broad SMARTS) is 1. The second-order valence-electron chi connectivity index (χ2n) is 6.36. The molecule has 1 N–H and O–H groups in total. The summed E-state index contributed by atoms with van der Waals surface area (Å²) < 4.78 is 53.3. The minimum absolute atomic E-state index is 0.131. The van der Waals surface area contributed by atoms with Gasteiger partial charge in [0.05, 0.1) is 17.7 Å². The zero-order chi connectivity index (χ0) is 21.6. The van der Waals surface area contributed by atoms with Crippen molar-refractivity contribution in [1.82, 2.24) is 5.16 Å². The van der Waals surface area contributed by atoms with Crippen molar-refractivity contribution in [2.24, 2.45) is 0 Å². The summed E-state index contributed by atoms with van der Waals surface area (Å²) >= 11 is 0. The number of alkyl halides is 3. The molecule has 0 fully saturated rings. The fourth-order valence-corrected chi connectivity index (χ4v) is 2.82. The average Bonchev–Trinajstić information content (AvgIpc) is 3.24. The van der Waals surface area contributed by atoms with Crippen LogP contribution in [0, 0.1) is 0 Å². The van der Waals surface area contributed by atoms with Crippen LogP contribution >= 0.6 is 0 Å². The molecule has 0 unspecified atom stereocenters. The highest BCUT2D eigenvalue weighted by atomic mass is 19.4. The van der Waals surface area contributed by atoms with Gasteiger partial charge in [-0.2, -0.15) is 13.2 Å². The molecule has 9 heteroatoms. The monoisotopic (exact) mass is 421 g/mol. The first-order chi connectivity index (χ1) is 14.3. The van der Waals surface area contributed by atoms with Gasteiger partial charge in [0, 0.05) is 12.0 Å². The molecule has 1 heterocycles. The molecule has 30 heavy (non-hydrogen) atoms. The highest BCUT2D eigenvalue weighted by Gasteiger charge is 2.30. The van der Waals surface area contributed by atoms with Gasteiger partial charge in [0.15, 0.2) is 0 Å². The molecule has 0 spiro atoms. The third-order valence-electron chi connectivity index (χ3n) is 4.28. The summed E-state index contributed by atoms with van der Waals surface area (Å²) in [4.78, 5) is 11.2. The molecular formula is C21H18F3NO5. The Balaban J connectivity index is 1.51. The van der Waals surface area contributed by atoms with Crippen molar-refractivity contribution >= 4 is 5.97 Å². The van der Waals surface area contributed by atoms with Crippen molar-refractivity contribution in [2.75, 3.05) is 13.2 Å². The van der Waals surface area contributed by atoms with Crippen LogP contribution in [0.15, 0.2) is 65.4 Å². The number of halogens is 3. The minimum Gasteiger partial charge on any atom is -0.490 e. The topological polar surface area (TPSA) is 81.8 Å². The molecule has 1 atom stereocenters. The van der Waals surface area contributed by atoms with Gasteiger partial charge >= 0.3 is 12.1 Å². The van der Waals surface area contributed by atoms with Crippen molar-refractivity contribution in [3.05, 3.63) is 77.7 Å². The van der Waals surface area contributed by atoms with E-state index in [1.807, 2.05) is 0 Å². The largest absolute Gasteiger partial charge is 0.490 e. The maximum atomic E-state index is 12.5. The van der Waals surface area contributed by atoms with E-state index in [0.717, 1.165) is 17.7 Å². The first kappa shape index (κ1) is 21.2. The Bertz CT molecular complexity index is 938. The molecule has 0 radical (unpaired) electrons. The summed E-state index contributed by atoms with van der Waals surface area (Å²) in [6.45, 7) is 0.329.